The monoisotopic (exact) mass is 479 g/mol. The van der Waals surface area contributed by atoms with E-state index in [4.69, 9.17) is 18.6 Å². The highest BCUT2D eigenvalue weighted by molar-refractivity contribution is 5.99. The van der Waals surface area contributed by atoms with Crippen molar-refractivity contribution in [1.29, 1.82) is 0 Å². The minimum absolute atomic E-state index is 0.103. The van der Waals surface area contributed by atoms with Crippen LogP contribution in [0.5, 0.6) is 11.5 Å². The largest absolute Gasteiger partial charge is 0.493 e. The second-order valence-electron chi connectivity index (χ2n) is 8.74. The van der Waals surface area contributed by atoms with Crippen LogP contribution in [0.4, 0.5) is 0 Å². The standard InChI is InChI=1S/C28H33NO6/c1-4-5-6-9-17-34-22-14-13-19(18-23(22)33-3)25-24-26(30)20-11-7-8-12-21(20)35-27(24)28(31)29(25)15-10-16-32-2/h7-8,11-14,18,25H,4-6,9-10,15-17H2,1-3H3. The van der Waals surface area contributed by atoms with Gasteiger partial charge in [-0.15, -0.1) is 0 Å². The fraction of sp³-hybridized carbons (Fsp3) is 0.429. The van der Waals surface area contributed by atoms with Gasteiger partial charge in [0.15, 0.2) is 16.9 Å². The molecule has 1 atom stereocenters. The normalized spacial score (nSPS) is 15.0. The van der Waals surface area contributed by atoms with Gasteiger partial charge in [0, 0.05) is 20.3 Å². The first-order valence-corrected chi connectivity index (χ1v) is 12.3. The molecule has 4 rings (SSSR count). The Morgan fingerprint density at radius 1 is 0.943 bits per heavy atom. The van der Waals surface area contributed by atoms with Crippen molar-refractivity contribution in [1.82, 2.24) is 4.90 Å². The molecule has 35 heavy (non-hydrogen) atoms. The van der Waals surface area contributed by atoms with E-state index in [0.29, 0.717) is 54.2 Å². The highest BCUT2D eigenvalue weighted by Gasteiger charge is 2.42. The molecule has 7 nitrogen and oxygen atoms in total. The Hall–Kier alpha value is -3.32. The lowest BCUT2D eigenvalue weighted by molar-refractivity contribution is 0.0707. The number of rotatable bonds is 12. The van der Waals surface area contributed by atoms with E-state index in [9.17, 15) is 9.59 Å². The number of carbonyl (C=O) groups excluding carboxylic acids is 1. The third kappa shape index (κ3) is 5.05. The number of hydrogen-bond donors (Lipinski definition) is 0. The zero-order valence-electron chi connectivity index (χ0n) is 20.7. The SMILES string of the molecule is CCCCCCOc1ccc(C2c3c(oc4ccccc4c3=O)C(=O)N2CCCOC)cc1OC. The van der Waals surface area contributed by atoms with Gasteiger partial charge in [0.2, 0.25) is 5.76 Å². The molecule has 3 aromatic rings. The van der Waals surface area contributed by atoms with Gasteiger partial charge in [0.05, 0.1) is 30.7 Å². The van der Waals surface area contributed by atoms with Gasteiger partial charge in [-0.3, -0.25) is 9.59 Å². The van der Waals surface area contributed by atoms with E-state index < -0.39 is 6.04 Å². The smallest absolute Gasteiger partial charge is 0.290 e. The Morgan fingerprint density at radius 2 is 1.77 bits per heavy atom. The minimum Gasteiger partial charge on any atom is -0.493 e. The van der Waals surface area contributed by atoms with Gasteiger partial charge in [-0.25, -0.2) is 0 Å². The molecule has 1 unspecified atom stereocenters. The number of hydrogen-bond acceptors (Lipinski definition) is 6. The van der Waals surface area contributed by atoms with Crippen LogP contribution < -0.4 is 14.9 Å². The van der Waals surface area contributed by atoms with Crippen molar-refractivity contribution >= 4 is 16.9 Å². The van der Waals surface area contributed by atoms with Gasteiger partial charge in [0.25, 0.3) is 5.91 Å². The summed E-state index contributed by atoms with van der Waals surface area (Å²) in [6, 6.07) is 12.0. The highest BCUT2D eigenvalue weighted by Crippen LogP contribution is 2.41. The highest BCUT2D eigenvalue weighted by atomic mass is 16.5. The second kappa shape index (κ2) is 11.4. The Morgan fingerprint density at radius 3 is 2.54 bits per heavy atom. The van der Waals surface area contributed by atoms with Gasteiger partial charge in [0.1, 0.15) is 5.58 Å². The molecule has 0 bridgehead atoms. The van der Waals surface area contributed by atoms with E-state index in [1.165, 1.54) is 12.8 Å². The predicted molar refractivity (Wildman–Crippen MR) is 134 cm³/mol. The van der Waals surface area contributed by atoms with Crippen LogP contribution in [0.3, 0.4) is 0 Å². The topological polar surface area (TPSA) is 78.2 Å². The summed E-state index contributed by atoms with van der Waals surface area (Å²) in [6.45, 7) is 3.72. The molecule has 186 valence electrons. The Labute approximate surface area is 205 Å². The molecule has 0 radical (unpaired) electrons. The lowest BCUT2D eigenvalue weighted by Gasteiger charge is -2.25. The van der Waals surface area contributed by atoms with Crippen LogP contribution in [0.25, 0.3) is 11.0 Å². The van der Waals surface area contributed by atoms with Crippen LogP contribution in [0, 0.1) is 0 Å². The van der Waals surface area contributed by atoms with Crippen molar-refractivity contribution < 1.29 is 23.4 Å². The van der Waals surface area contributed by atoms with Crippen LogP contribution in [0.1, 0.15) is 66.8 Å². The van der Waals surface area contributed by atoms with Crippen molar-refractivity contribution in [2.75, 3.05) is 34.0 Å². The number of ether oxygens (including phenoxy) is 3. The zero-order chi connectivity index (χ0) is 24.8. The third-order valence-electron chi connectivity index (χ3n) is 6.38. The van der Waals surface area contributed by atoms with Gasteiger partial charge in [-0.2, -0.15) is 0 Å². The fourth-order valence-electron chi connectivity index (χ4n) is 4.61. The van der Waals surface area contributed by atoms with Gasteiger partial charge in [-0.05, 0) is 42.7 Å². The molecule has 0 fully saturated rings. The van der Waals surface area contributed by atoms with Crippen molar-refractivity contribution in [2.24, 2.45) is 0 Å². The van der Waals surface area contributed by atoms with Gasteiger partial charge >= 0.3 is 0 Å². The van der Waals surface area contributed by atoms with Crippen molar-refractivity contribution in [2.45, 2.75) is 45.1 Å². The summed E-state index contributed by atoms with van der Waals surface area (Å²) in [4.78, 5) is 28.7. The summed E-state index contributed by atoms with van der Waals surface area (Å²) < 4.78 is 22.8. The number of carbonyl (C=O) groups is 1. The molecule has 0 aliphatic carbocycles. The average Bonchev–Trinajstić information content (AvgIpc) is 3.16. The molecule has 1 amide bonds. The fourth-order valence-corrected chi connectivity index (χ4v) is 4.61. The van der Waals surface area contributed by atoms with E-state index in [-0.39, 0.29) is 17.1 Å². The maximum Gasteiger partial charge on any atom is 0.290 e. The minimum atomic E-state index is -0.581. The third-order valence-corrected chi connectivity index (χ3v) is 6.38. The average molecular weight is 480 g/mol. The van der Waals surface area contributed by atoms with E-state index in [2.05, 4.69) is 6.92 Å². The summed E-state index contributed by atoms with van der Waals surface area (Å²) in [7, 11) is 3.22. The Kier molecular flexibility index (Phi) is 8.08. The molecule has 2 aromatic carbocycles. The van der Waals surface area contributed by atoms with Crippen LogP contribution in [0.15, 0.2) is 51.7 Å². The molecule has 0 N–H and O–H groups in total. The first-order chi connectivity index (χ1) is 17.1. The summed E-state index contributed by atoms with van der Waals surface area (Å²) in [5.74, 6) is 1.03. The summed E-state index contributed by atoms with van der Waals surface area (Å²) >= 11 is 0. The van der Waals surface area contributed by atoms with Gasteiger partial charge < -0.3 is 23.5 Å². The first kappa shape index (κ1) is 24.8. The second-order valence-corrected chi connectivity index (χ2v) is 8.74. The zero-order valence-corrected chi connectivity index (χ0v) is 20.7. The van der Waals surface area contributed by atoms with Crippen LogP contribution in [0.2, 0.25) is 0 Å². The van der Waals surface area contributed by atoms with Crippen molar-refractivity contribution in [3.63, 3.8) is 0 Å². The van der Waals surface area contributed by atoms with E-state index in [1.807, 2.05) is 18.2 Å². The van der Waals surface area contributed by atoms with Crippen LogP contribution >= 0.6 is 0 Å². The number of benzene rings is 2. The first-order valence-electron chi connectivity index (χ1n) is 12.3. The number of unbranched alkanes of at least 4 members (excludes halogenated alkanes) is 3. The Balaban J connectivity index is 1.72. The van der Waals surface area contributed by atoms with E-state index in [0.717, 1.165) is 18.4 Å². The molecule has 1 aromatic heterocycles. The van der Waals surface area contributed by atoms with E-state index in [1.54, 1.807) is 43.4 Å². The van der Waals surface area contributed by atoms with Crippen LogP contribution in [-0.2, 0) is 4.74 Å². The number of para-hydroxylation sites is 1. The van der Waals surface area contributed by atoms with E-state index >= 15 is 0 Å². The lowest BCUT2D eigenvalue weighted by Crippen LogP contribution is -2.31. The molecule has 7 heteroatoms. The molecule has 2 heterocycles. The molecule has 1 aliphatic rings. The summed E-state index contributed by atoms with van der Waals surface area (Å²) in [6.07, 6.45) is 5.09. The van der Waals surface area contributed by atoms with Crippen LogP contribution in [-0.4, -0.2) is 44.8 Å². The summed E-state index contributed by atoms with van der Waals surface area (Å²) in [5, 5.41) is 0.460. The molecular formula is C28H33NO6. The molecule has 0 saturated heterocycles. The van der Waals surface area contributed by atoms with Crippen molar-refractivity contribution in [3.05, 3.63) is 69.6 Å². The number of nitrogens with zero attached hydrogens (tertiary/aromatic N) is 1. The maximum atomic E-state index is 13.6. The molecule has 0 spiro atoms. The predicted octanol–water partition coefficient (Wildman–Crippen LogP) is 5.34. The number of fused-ring (bicyclic) bond motifs is 2. The quantitative estimate of drug-likeness (QED) is 0.326. The van der Waals surface area contributed by atoms with Gasteiger partial charge in [-0.1, -0.05) is 44.4 Å². The molecular weight excluding hydrogens is 446 g/mol. The summed E-state index contributed by atoms with van der Waals surface area (Å²) in [5.41, 5.74) is 1.35. The lowest BCUT2D eigenvalue weighted by atomic mass is 9.98. The maximum absolute atomic E-state index is 13.6. The number of amides is 1. The Bertz CT molecular complexity index is 1230. The molecule has 0 saturated carbocycles. The molecule has 1 aliphatic heterocycles. The van der Waals surface area contributed by atoms with Crippen molar-refractivity contribution in [3.8, 4) is 11.5 Å². The number of methoxy groups -OCH3 is 2.